The van der Waals surface area contributed by atoms with Crippen LogP contribution < -0.4 is 5.32 Å². The lowest BCUT2D eigenvalue weighted by Crippen LogP contribution is -2.30. The van der Waals surface area contributed by atoms with Crippen molar-refractivity contribution in [2.75, 3.05) is 0 Å². The highest BCUT2D eigenvalue weighted by molar-refractivity contribution is 5.93. The van der Waals surface area contributed by atoms with Crippen LogP contribution in [0.15, 0.2) is 78.9 Å². The van der Waals surface area contributed by atoms with Crippen molar-refractivity contribution in [1.82, 2.24) is 15.1 Å². The smallest absolute Gasteiger partial charge is 0.305 e. The Morgan fingerprint density at radius 1 is 0.912 bits per heavy atom. The van der Waals surface area contributed by atoms with Gasteiger partial charge in [-0.3, -0.25) is 9.59 Å². The monoisotopic (exact) mass is 463 g/mol. The first-order valence-electron chi connectivity index (χ1n) is 10.2. The zero-order valence-corrected chi connectivity index (χ0v) is 17.7. The van der Waals surface area contributed by atoms with E-state index >= 15 is 0 Å². The topological polar surface area (TPSA) is 104 Å². The van der Waals surface area contributed by atoms with Gasteiger partial charge in [0.1, 0.15) is 11.6 Å². The van der Waals surface area contributed by atoms with Crippen LogP contribution in [0.3, 0.4) is 0 Å². The first-order valence-corrected chi connectivity index (χ1v) is 10.2. The Kier molecular flexibility index (Phi) is 6.35. The van der Waals surface area contributed by atoms with Crippen LogP contribution in [0.2, 0.25) is 0 Å². The number of aliphatic carboxylic acids is 1. The maximum atomic E-state index is 13.5. The molecule has 3 aromatic carbocycles. The van der Waals surface area contributed by atoms with Crippen LogP contribution in [-0.4, -0.2) is 31.9 Å². The Balaban J connectivity index is 1.56. The van der Waals surface area contributed by atoms with Crippen LogP contribution >= 0.6 is 0 Å². The number of carboxylic acid groups (broad SMARTS) is 1. The molecule has 0 aliphatic rings. The fourth-order valence-corrected chi connectivity index (χ4v) is 3.49. The number of carbonyl (C=O) groups excluding carboxylic acids is 1. The second kappa shape index (κ2) is 9.53. The summed E-state index contributed by atoms with van der Waals surface area (Å²) in [4.78, 5) is 24.2. The lowest BCUT2D eigenvalue weighted by Gasteiger charge is -2.17. The van der Waals surface area contributed by atoms with Crippen LogP contribution in [-0.2, 0) is 4.79 Å². The van der Waals surface area contributed by atoms with E-state index in [2.05, 4.69) is 10.4 Å². The van der Waals surface area contributed by atoms with Crippen molar-refractivity contribution < 1.29 is 28.6 Å². The summed E-state index contributed by atoms with van der Waals surface area (Å²) >= 11 is 0. The highest BCUT2D eigenvalue weighted by atomic mass is 19.1. The van der Waals surface area contributed by atoms with Gasteiger partial charge in [-0.25, -0.2) is 13.5 Å². The number of carboxylic acids is 1. The molecule has 0 bridgehead atoms. The third-order valence-electron chi connectivity index (χ3n) is 5.15. The minimum atomic E-state index is -1.12. The highest BCUT2D eigenvalue weighted by Gasteiger charge is 2.22. The molecule has 1 unspecified atom stereocenters. The number of nitrogens with zero attached hydrogens (tertiary/aromatic N) is 2. The molecule has 0 aliphatic heterocycles. The van der Waals surface area contributed by atoms with E-state index in [-0.39, 0.29) is 23.1 Å². The van der Waals surface area contributed by atoms with Gasteiger partial charge >= 0.3 is 5.97 Å². The third kappa shape index (κ3) is 5.09. The Bertz CT molecular complexity index is 1340. The van der Waals surface area contributed by atoms with Gasteiger partial charge in [-0.05, 0) is 47.0 Å². The van der Waals surface area contributed by atoms with E-state index in [9.17, 15) is 28.6 Å². The summed E-state index contributed by atoms with van der Waals surface area (Å²) in [5.41, 5.74) is 2.17. The molecule has 4 aromatic rings. The first kappa shape index (κ1) is 22.7. The van der Waals surface area contributed by atoms with Crippen molar-refractivity contribution in [2.45, 2.75) is 12.5 Å². The molecule has 172 valence electrons. The van der Waals surface area contributed by atoms with Crippen LogP contribution in [0.4, 0.5) is 8.78 Å². The Morgan fingerprint density at radius 2 is 1.56 bits per heavy atom. The summed E-state index contributed by atoms with van der Waals surface area (Å²) < 4.78 is 27.7. The number of rotatable bonds is 7. The van der Waals surface area contributed by atoms with E-state index in [0.29, 0.717) is 5.56 Å². The van der Waals surface area contributed by atoms with Crippen LogP contribution in [0, 0.1) is 11.6 Å². The van der Waals surface area contributed by atoms with Crippen LogP contribution in [0.5, 0.6) is 5.88 Å². The summed E-state index contributed by atoms with van der Waals surface area (Å²) in [6.07, 6.45) is -0.391. The van der Waals surface area contributed by atoms with Crippen LogP contribution in [0.1, 0.15) is 28.5 Å². The Hall–Kier alpha value is -4.53. The van der Waals surface area contributed by atoms with E-state index in [1.807, 2.05) is 0 Å². The fraction of sp³-hybridized carbons (Fsp3) is 0.0800. The number of hydrogen-bond donors (Lipinski definition) is 3. The number of carbonyl (C=O) groups is 2. The maximum absolute atomic E-state index is 13.5. The molecule has 0 aliphatic carbocycles. The number of benzene rings is 3. The maximum Gasteiger partial charge on any atom is 0.305 e. The standard InChI is InChI=1S/C25H19F2N3O4/c26-18-10-8-16(9-11-18)15-4-6-17(7-5-15)21(14-24(32)33)28-25(34)22-13-23(31)30(29-22)20-3-1-2-19(27)12-20/h1-13,21,31H,14H2,(H,28,34)(H,32,33). The van der Waals surface area contributed by atoms with E-state index < -0.39 is 30.2 Å². The third-order valence-corrected chi connectivity index (χ3v) is 5.15. The van der Waals surface area contributed by atoms with Crippen LogP contribution in [0.25, 0.3) is 16.8 Å². The minimum Gasteiger partial charge on any atom is -0.493 e. The quantitative estimate of drug-likeness (QED) is 0.375. The van der Waals surface area contributed by atoms with Crippen molar-refractivity contribution >= 4 is 11.9 Å². The zero-order valence-electron chi connectivity index (χ0n) is 17.7. The summed E-state index contributed by atoms with van der Waals surface area (Å²) in [5, 5.41) is 26.1. The summed E-state index contributed by atoms with van der Waals surface area (Å²) in [6, 6.07) is 18.3. The number of aromatic nitrogens is 2. The second-order valence-corrected chi connectivity index (χ2v) is 7.53. The van der Waals surface area contributed by atoms with E-state index in [1.54, 1.807) is 36.4 Å². The van der Waals surface area contributed by atoms with Crippen molar-refractivity contribution in [2.24, 2.45) is 0 Å². The van der Waals surface area contributed by atoms with Gasteiger partial charge in [0.2, 0.25) is 5.88 Å². The van der Waals surface area contributed by atoms with Crippen molar-refractivity contribution in [3.8, 4) is 22.7 Å². The number of aromatic hydroxyl groups is 1. The fourth-order valence-electron chi connectivity index (χ4n) is 3.49. The molecule has 1 heterocycles. The zero-order chi connectivity index (χ0) is 24.2. The average Bonchev–Trinajstić information content (AvgIpc) is 3.21. The number of amides is 1. The molecule has 7 nitrogen and oxygen atoms in total. The predicted molar refractivity (Wildman–Crippen MR) is 119 cm³/mol. The van der Waals surface area contributed by atoms with E-state index in [4.69, 9.17) is 0 Å². The van der Waals surface area contributed by atoms with Crippen molar-refractivity contribution in [1.29, 1.82) is 0 Å². The van der Waals surface area contributed by atoms with Gasteiger partial charge in [-0.1, -0.05) is 42.5 Å². The molecule has 1 aromatic heterocycles. The molecule has 0 saturated heterocycles. The van der Waals surface area contributed by atoms with E-state index in [1.165, 1.54) is 30.3 Å². The summed E-state index contributed by atoms with van der Waals surface area (Å²) in [7, 11) is 0. The number of nitrogens with one attached hydrogen (secondary N) is 1. The molecule has 1 amide bonds. The van der Waals surface area contributed by atoms with Crippen molar-refractivity contribution in [3.63, 3.8) is 0 Å². The van der Waals surface area contributed by atoms with Gasteiger partial charge in [0.15, 0.2) is 5.69 Å². The number of halogens is 2. The highest BCUT2D eigenvalue weighted by Crippen LogP contribution is 2.25. The van der Waals surface area contributed by atoms with Gasteiger partial charge in [0.05, 0.1) is 18.2 Å². The molecule has 0 spiro atoms. The van der Waals surface area contributed by atoms with Crippen molar-refractivity contribution in [3.05, 3.63) is 102 Å². The van der Waals surface area contributed by atoms with Gasteiger partial charge in [0, 0.05) is 6.07 Å². The summed E-state index contributed by atoms with van der Waals surface area (Å²) in [5.74, 6) is -3.10. The van der Waals surface area contributed by atoms with Gasteiger partial charge < -0.3 is 15.5 Å². The number of hydrogen-bond acceptors (Lipinski definition) is 4. The Labute approximate surface area is 192 Å². The molecule has 0 saturated carbocycles. The molecule has 34 heavy (non-hydrogen) atoms. The molecular weight excluding hydrogens is 444 g/mol. The molecule has 4 rings (SSSR count). The second-order valence-electron chi connectivity index (χ2n) is 7.53. The molecular formula is C25H19F2N3O4. The molecule has 3 N–H and O–H groups in total. The molecule has 1 atom stereocenters. The predicted octanol–water partition coefficient (Wildman–Crippen LogP) is 4.47. The molecule has 9 heteroatoms. The lowest BCUT2D eigenvalue weighted by atomic mass is 9.99. The largest absolute Gasteiger partial charge is 0.493 e. The molecule has 0 radical (unpaired) electrons. The average molecular weight is 463 g/mol. The SMILES string of the molecule is O=C(O)CC(NC(=O)c1cc(O)n(-c2cccc(F)c2)n1)c1ccc(-c2ccc(F)cc2)cc1. The molecule has 0 fully saturated rings. The van der Waals surface area contributed by atoms with Gasteiger partial charge in [0.25, 0.3) is 5.91 Å². The van der Waals surface area contributed by atoms with Gasteiger partial charge in [-0.15, -0.1) is 0 Å². The first-order chi connectivity index (χ1) is 16.3. The van der Waals surface area contributed by atoms with E-state index in [0.717, 1.165) is 27.9 Å². The van der Waals surface area contributed by atoms with Gasteiger partial charge in [-0.2, -0.15) is 5.10 Å². The Morgan fingerprint density at radius 3 is 2.18 bits per heavy atom. The summed E-state index contributed by atoms with van der Waals surface area (Å²) in [6.45, 7) is 0. The normalized spacial score (nSPS) is 11.7. The lowest BCUT2D eigenvalue weighted by molar-refractivity contribution is -0.137. The minimum absolute atomic E-state index is 0.167.